The molecule has 0 bridgehead atoms. The highest BCUT2D eigenvalue weighted by Crippen LogP contribution is 2.15. The first-order valence-electron chi connectivity index (χ1n) is 10.0. The first-order valence-corrected chi connectivity index (χ1v) is 11.3. The van der Waals surface area contributed by atoms with Crippen LogP contribution < -0.4 is 5.32 Å². The van der Waals surface area contributed by atoms with Crippen LogP contribution in [-0.4, -0.2) is 86.8 Å². The molecular weight excluding hydrogens is 354 g/mol. The normalized spacial score (nSPS) is 17.7. The summed E-state index contributed by atoms with van der Waals surface area (Å²) in [5, 5.41) is 3.56. The molecule has 2 rings (SSSR count). The summed E-state index contributed by atoms with van der Waals surface area (Å²) in [5.74, 6) is 1.57. The number of piperazine rings is 1. The van der Waals surface area contributed by atoms with Crippen molar-refractivity contribution in [3.63, 3.8) is 0 Å². The molecule has 1 saturated heterocycles. The summed E-state index contributed by atoms with van der Waals surface area (Å²) in [5.41, 5.74) is 1.31. The van der Waals surface area contributed by atoms with Gasteiger partial charge in [0.2, 0.25) is 0 Å². The molecule has 0 aliphatic carbocycles. The van der Waals surface area contributed by atoms with Crippen LogP contribution in [0.4, 0.5) is 0 Å². The number of likely N-dealkylation sites (N-methyl/N-ethyl adjacent to an activating group) is 1. The summed E-state index contributed by atoms with van der Waals surface area (Å²) >= 11 is 1.78. The number of nitrogens with one attached hydrogen (secondary N) is 1. The molecule has 0 saturated carbocycles. The third kappa shape index (κ3) is 7.35. The molecule has 1 atom stereocenters. The lowest BCUT2D eigenvalue weighted by Gasteiger charge is -2.35. The van der Waals surface area contributed by atoms with Gasteiger partial charge in [0, 0.05) is 64.8 Å². The van der Waals surface area contributed by atoms with E-state index in [-0.39, 0.29) is 0 Å². The first-order chi connectivity index (χ1) is 13.0. The van der Waals surface area contributed by atoms with Crippen molar-refractivity contribution in [2.24, 2.45) is 10.9 Å². The van der Waals surface area contributed by atoms with Gasteiger partial charge in [0.15, 0.2) is 5.96 Å². The molecule has 1 fully saturated rings. The van der Waals surface area contributed by atoms with E-state index in [1.54, 1.807) is 11.8 Å². The predicted octanol–water partition coefficient (Wildman–Crippen LogP) is 2.69. The number of benzene rings is 1. The fourth-order valence-corrected chi connectivity index (χ4v) is 3.93. The molecule has 6 heteroatoms. The van der Waals surface area contributed by atoms with Crippen LogP contribution in [-0.2, 0) is 6.54 Å². The lowest BCUT2D eigenvalue weighted by atomic mass is 10.1. The molecule has 1 aliphatic rings. The first kappa shape index (κ1) is 22.1. The summed E-state index contributed by atoms with van der Waals surface area (Å²) < 4.78 is 0. The van der Waals surface area contributed by atoms with Crippen LogP contribution in [0.5, 0.6) is 0 Å². The van der Waals surface area contributed by atoms with E-state index in [9.17, 15) is 0 Å². The van der Waals surface area contributed by atoms with Gasteiger partial charge in [-0.2, -0.15) is 0 Å². The van der Waals surface area contributed by atoms with E-state index in [4.69, 9.17) is 0 Å². The number of aliphatic imine (C=N–C) groups is 1. The minimum Gasteiger partial charge on any atom is -0.356 e. The Bertz CT molecular complexity index is 566. The van der Waals surface area contributed by atoms with Crippen molar-refractivity contribution in [1.29, 1.82) is 0 Å². The molecule has 0 radical (unpaired) electrons. The topological polar surface area (TPSA) is 34.1 Å². The van der Waals surface area contributed by atoms with Crippen molar-refractivity contribution >= 4 is 17.7 Å². The number of thioether (sulfide) groups is 1. The lowest BCUT2D eigenvalue weighted by molar-refractivity contribution is 0.124. The van der Waals surface area contributed by atoms with Gasteiger partial charge in [0.25, 0.3) is 0 Å². The van der Waals surface area contributed by atoms with Gasteiger partial charge >= 0.3 is 0 Å². The second kappa shape index (κ2) is 11.6. The molecule has 1 heterocycles. The van der Waals surface area contributed by atoms with Crippen molar-refractivity contribution < 1.29 is 0 Å². The van der Waals surface area contributed by atoms with Crippen LogP contribution in [0.2, 0.25) is 0 Å². The molecule has 0 aromatic heterocycles. The van der Waals surface area contributed by atoms with Gasteiger partial charge in [0.05, 0.1) is 0 Å². The summed E-state index contributed by atoms with van der Waals surface area (Å²) in [6.45, 7) is 13.5. The van der Waals surface area contributed by atoms with Gasteiger partial charge in [-0.3, -0.25) is 4.99 Å². The van der Waals surface area contributed by atoms with Crippen LogP contribution >= 0.6 is 11.8 Å². The van der Waals surface area contributed by atoms with Crippen LogP contribution in [0, 0.1) is 5.92 Å². The van der Waals surface area contributed by atoms with E-state index in [1.807, 2.05) is 7.05 Å². The van der Waals surface area contributed by atoms with Crippen molar-refractivity contribution in [1.82, 2.24) is 20.0 Å². The molecule has 27 heavy (non-hydrogen) atoms. The third-order valence-electron chi connectivity index (χ3n) is 5.24. The molecule has 1 N–H and O–H groups in total. The number of hydrogen-bond donors (Lipinski definition) is 1. The molecule has 0 amide bonds. The molecule has 152 valence electrons. The standard InChI is InChI=1S/C21H37N5S/c1-6-25-11-13-26(14-12-25)16-18(2)15-23-21(22-3)24(4)17-19-7-9-20(27-5)10-8-19/h7-10,18H,6,11-17H2,1-5H3,(H,22,23). The molecule has 1 aromatic carbocycles. The molecule has 1 unspecified atom stereocenters. The van der Waals surface area contributed by atoms with E-state index >= 15 is 0 Å². The van der Waals surface area contributed by atoms with E-state index in [2.05, 4.69) is 76.4 Å². The van der Waals surface area contributed by atoms with Crippen LogP contribution in [0.1, 0.15) is 19.4 Å². The van der Waals surface area contributed by atoms with Crippen molar-refractivity contribution in [2.45, 2.75) is 25.3 Å². The minimum absolute atomic E-state index is 0.601. The van der Waals surface area contributed by atoms with E-state index in [0.717, 1.165) is 25.6 Å². The van der Waals surface area contributed by atoms with Crippen molar-refractivity contribution in [2.75, 3.05) is 66.2 Å². The highest BCUT2D eigenvalue weighted by Gasteiger charge is 2.17. The predicted molar refractivity (Wildman–Crippen MR) is 119 cm³/mol. The van der Waals surface area contributed by atoms with Gasteiger partial charge in [-0.25, -0.2) is 0 Å². The largest absolute Gasteiger partial charge is 0.356 e. The van der Waals surface area contributed by atoms with Gasteiger partial charge in [-0.1, -0.05) is 26.0 Å². The second-order valence-corrected chi connectivity index (χ2v) is 8.35. The Kier molecular flexibility index (Phi) is 9.45. The average Bonchev–Trinajstić information content (AvgIpc) is 2.69. The summed E-state index contributed by atoms with van der Waals surface area (Å²) in [7, 11) is 3.97. The van der Waals surface area contributed by atoms with Crippen molar-refractivity contribution in [3.05, 3.63) is 29.8 Å². The van der Waals surface area contributed by atoms with Crippen molar-refractivity contribution in [3.8, 4) is 0 Å². The fraction of sp³-hybridized carbons (Fsp3) is 0.667. The highest BCUT2D eigenvalue weighted by atomic mass is 32.2. The number of nitrogens with zero attached hydrogens (tertiary/aromatic N) is 4. The molecule has 0 spiro atoms. The van der Waals surface area contributed by atoms with Crippen LogP contribution in [0.3, 0.4) is 0 Å². The third-order valence-corrected chi connectivity index (χ3v) is 5.99. The van der Waals surface area contributed by atoms with E-state index < -0.39 is 0 Å². The Morgan fingerprint density at radius 1 is 1.19 bits per heavy atom. The second-order valence-electron chi connectivity index (χ2n) is 7.47. The Hall–Kier alpha value is -1.24. The summed E-state index contributed by atoms with van der Waals surface area (Å²) in [6.07, 6.45) is 2.11. The number of rotatable bonds is 8. The summed E-state index contributed by atoms with van der Waals surface area (Å²) in [6, 6.07) is 8.77. The van der Waals surface area contributed by atoms with Crippen LogP contribution in [0.15, 0.2) is 34.2 Å². The monoisotopic (exact) mass is 391 g/mol. The molecule has 5 nitrogen and oxygen atoms in total. The molecule has 1 aromatic rings. The number of guanidine groups is 1. The highest BCUT2D eigenvalue weighted by molar-refractivity contribution is 7.98. The maximum absolute atomic E-state index is 4.46. The summed E-state index contributed by atoms with van der Waals surface area (Å²) in [4.78, 5) is 13.1. The van der Waals surface area contributed by atoms with Gasteiger partial charge in [-0.05, 0) is 36.4 Å². The Morgan fingerprint density at radius 2 is 1.81 bits per heavy atom. The molecule has 1 aliphatic heterocycles. The van der Waals surface area contributed by atoms with E-state index in [0.29, 0.717) is 5.92 Å². The quantitative estimate of drug-likeness (QED) is 0.419. The maximum atomic E-state index is 4.46. The lowest BCUT2D eigenvalue weighted by Crippen LogP contribution is -2.48. The Morgan fingerprint density at radius 3 is 2.37 bits per heavy atom. The van der Waals surface area contributed by atoms with Gasteiger partial charge in [-0.15, -0.1) is 11.8 Å². The minimum atomic E-state index is 0.601. The maximum Gasteiger partial charge on any atom is 0.193 e. The Labute approximate surface area is 170 Å². The zero-order valence-electron chi connectivity index (χ0n) is 17.7. The van der Waals surface area contributed by atoms with E-state index in [1.165, 1.54) is 43.2 Å². The zero-order chi connectivity index (χ0) is 19.6. The number of hydrogen-bond acceptors (Lipinski definition) is 4. The van der Waals surface area contributed by atoms with Gasteiger partial charge in [0.1, 0.15) is 0 Å². The SMILES string of the molecule is CCN1CCN(CC(C)CNC(=NC)N(C)Cc2ccc(SC)cc2)CC1. The smallest absolute Gasteiger partial charge is 0.193 e. The zero-order valence-corrected chi connectivity index (χ0v) is 18.6. The van der Waals surface area contributed by atoms with Crippen LogP contribution in [0.25, 0.3) is 0 Å². The molecular formula is C21H37N5S. The van der Waals surface area contributed by atoms with Gasteiger partial charge < -0.3 is 20.0 Å². The average molecular weight is 392 g/mol. The Balaban J connectivity index is 1.75. The fourth-order valence-electron chi connectivity index (χ4n) is 3.52.